The quantitative estimate of drug-likeness (QED) is 0.0379. The van der Waals surface area contributed by atoms with Crippen molar-refractivity contribution in [2.45, 2.75) is 149 Å². The summed E-state index contributed by atoms with van der Waals surface area (Å²) in [4.78, 5) is 143. The van der Waals surface area contributed by atoms with E-state index < -0.39 is 139 Å². The molecular weight excluding hydrogens is 939 g/mol. The second-order valence-electron chi connectivity index (χ2n) is 18.6. The fourth-order valence-corrected chi connectivity index (χ4v) is 7.21. The second kappa shape index (κ2) is 30.2. The highest BCUT2D eigenvalue weighted by Crippen LogP contribution is 2.21. The van der Waals surface area contributed by atoms with Gasteiger partial charge in [0.2, 0.25) is 35.4 Å². The molecule has 0 saturated carbocycles. The molecule has 1 unspecified atom stereocenters. The fraction of sp³-hybridized carbons (Fsp3) is 0.500. The highest BCUT2D eigenvalue weighted by atomic mass is 16.5. The van der Waals surface area contributed by atoms with Crippen LogP contribution in [-0.4, -0.2) is 123 Å². The average molecular weight is 1010 g/mol. The molecule has 0 saturated heterocycles. The van der Waals surface area contributed by atoms with E-state index in [1.807, 2.05) is 6.07 Å². The number of carbonyl (C=O) groups is 11. The minimum absolute atomic E-state index is 0.0471. The number of carbonyl (C=O) groups excluding carboxylic acids is 8. The summed E-state index contributed by atoms with van der Waals surface area (Å²) < 4.78 is 5.23. The highest BCUT2D eigenvalue weighted by Gasteiger charge is 2.39. The minimum atomic E-state index is -1.82. The Morgan fingerprint density at radius 3 is 1.78 bits per heavy atom. The first kappa shape index (κ1) is 60.5. The van der Waals surface area contributed by atoms with Crippen molar-refractivity contribution in [3.63, 3.8) is 0 Å². The number of amides is 7. The highest BCUT2D eigenvalue weighted by molar-refractivity contribution is 5.98. The van der Waals surface area contributed by atoms with Crippen molar-refractivity contribution in [1.29, 1.82) is 0 Å². The summed E-state index contributed by atoms with van der Waals surface area (Å²) in [5, 5.41) is 45.8. The third-order valence-electron chi connectivity index (χ3n) is 11.0. The Morgan fingerprint density at radius 1 is 0.639 bits per heavy atom. The molecule has 0 radical (unpaired) electrons. The van der Waals surface area contributed by atoms with Crippen LogP contribution in [0.25, 0.3) is 0 Å². The average Bonchev–Trinajstić information content (AvgIpc) is 3.30. The van der Waals surface area contributed by atoms with Crippen molar-refractivity contribution < 1.29 is 72.8 Å². The number of benzene rings is 2. The number of allylic oxidation sites excluding steroid dienone is 1. The lowest BCUT2D eigenvalue weighted by atomic mass is 9.85. The lowest BCUT2D eigenvalue weighted by Gasteiger charge is -2.34. The number of carboxylic acids is 3. The zero-order valence-electron chi connectivity index (χ0n) is 41.7. The van der Waals surface area contributed by atoms with Crippen molar-refractivity contribution in [3.8, 4) is 0 Å². The molecule has 2 rings (SSSR count). The smallest absolute Gasteiger partial charge is 0.305 e. The normalized spacial score (nSPS) is 14.2. The molecule has 394 valence electrons. The summed E-state index contributed by atoms with van der Waals surface area (Å²) >= 11 is 0. The molecule has 0 aliphatic heterocycles. The third kappa shape index (κ3) is 22.0. The van der Waals surface area contributed by atoms with E-state index in [1.54, 1.807) is 109 Å². The van der Waals surface area contributed by atoms with Crippen LogP contribution in [0.3, 0.4) is 0 Å². The van der Waals surface area contributed by atoms with Gasteiger partial charge >= 0.3 is 17.9 Å². The molecule has 0 spiro atoms. The van der Waals surface area contributed by atoms with Crippen molar-refractivity contribution in [2.75, 3.05) is 0 Å². The zero-order chi connectivity index (χ0) is 54.1. The number of hydrogen-bond acceptors (Lipinski definition) is 12. The number of hydrogen-bond donors (Lipinski definition) is 10. The van der Waals surface area contributed by atoms with Gasteiger partial charge in [0.25, 0.3) is 12.4 Å². The van der Waals surface area contributed by atoms with Gasteiger partial charge in [0.1, 0.15) is 30.2 Å². The number of aliphatic carboxylic acids is 3. The molecule has 10 N–H and O–H groups in total. The van der Waals surface area contributed by atoms with Crippen LogP contribution in [0.5, 0.6) is 0 Å². The molecule has 72 heavy (non-hydrogen) atoms. The fourth-order valence-electron chi connectivity index (χ4n) is 7.21. The van der Waals surface area contributed by atoms with Gasteiger partial charge in [-0.2, -0.15) is 0 Å². The van der Waals surface area contributed by atoms with Crippen LogP contribution in [0.1, 0.15) is 103 Å². The molecule has 7 atom stereocenters. The summed E-state index contributed by atoms with van der Waals surface area (Å²) in [7, 11) is 0. The van der Waals surface area contributed by atoms with Crippen molar-refractivity contribution in [3.05, 3.63) is 83.4 Å². The second-order valence-corrected chi connectivity index (χ2v) is 18.6. The number of carboxylic acid groups (broad SMARTS) is 3. The Hall–Kier alpha value is -7.65. The van der Waals surface area contributed by atoms with Gasteiger partial charge in [-0.15, -0.1) is 0 Å². The summed E-state index contributed by atoms with van der Waals surface area (Å²) in [5.74, 6) is -10.9. The largest absolute Gasteiger partial charge is 0.481 e. The third-order valence-corrected chi connectivity index (χ3v) is 11.0. The molecule has 22 nitrogen and oxygen atoms in total. The number of rotatable bonds is 31. The first-order chi connectivity index (χ1) is 33.9. The topological polar surface area (TPSA) is 342 Å². The molecule has 22 heteroatoms. The maximum absolute atomic E-state index is 14.5. The first-order valence-electron chi connectivity index (χ1n) is 23.4. The molecule has 0 fully saturated rings. The van der Waals surface area contributed by atoms with Crippen molar-refractivity contribution in [1.82, 2.24) is 37.2 Å². The monoisotopic (exact) mass is 1010 g/mol. The van der Waals surface area contributed by atoms with Crippen LogP contribution in [-0.2, 0) is 70.4 Å². The lowest BCUT2D eigenvalue weighted by molar-refractivity contribution is -0.148. The SMILES string of the molecule is C/C=C\C[C@H](NC(=O)[C@H](CC(C)C)NC(=O)[C@@H](NC(=O)[C@H](Cc1ccccc1C)NC(=O)[C@H](CCC(=O)O)NC(=O)[C@H](CC(=O)O)NC(=O)CCC(=O)O)C(C)(C)C)C(OC=O)C(=O)NCc1ccccc1. The van der Waals surface area contributed by atoms with Gasteiger partial charge in [0.05, 0.1) is 18.9 Å². The molecular formula is C50H69N7O15. The van der Waals surface area contributed by atoms with E-state index in [9.17, 15) is 63.0 Å². The van der Waals surface area contributed by atoms with Gasteiger partial charge in [-0.05, 0) is 61.1 Å². The van der Waals surface area contributed by atoms with Gasteiger partial charge in [0, 0.05) is 25.8 Å². The van der Waals surface area contributed by atoms with E-state index >= 15 is 0 Å². The summed E-state index contributed by atoms with van der Waals surface area (Å²) in [6, 6.07) is 6.97. The predicted molar refractivity (Wildman–Crippen MR) is 260 cm³/mol. The van der Waals surface area contributed by atoms with Crippen LogP contribution in [0.2, 0.25) is 0 Å². The van der Waals surface area contributed by atoms with Gasteiger partial charge in [-0.1, -0.05) is 101 Å². The molecule has 2 aromatic carbocycles. The van der Waals surface area contributed by atoms with E-state index in [4.69, 9.17) is 9.84 Å². The molecule has 0 aromatic heterocycles. The van der Waals surface area contributed by atoms with E-state index in [1.165, 1.54) is 0 Å². The van der Waals surface area contributed by atoms with Gasteiger partial charge in [0.15, 0.2) is 6.10 Å². The van der Waals surface area contributed by atoms with Crippen LogP contribution in [0, 0.1) is 18.3 Å². The Balaban J connectivity index is 2.51. The lowest BCUT2D eigenvalue weighted by Crippen LogP contribution is -2.62. The summed E-state index contributed by atoms with van der Waals surface area (Å²) in [6.07, 6.45) is -1.72. The van der Waals surface area contributed by atoms with Crippen LogP contribution >= 0.6 is 0 Å². The minimum Gasteiger partial charge on any atom is -0.481 e. The number of nitrogens with one attached hydrogen (secondary N) is 7. The Kier molecular flexibility index (Phi) is 25.3. The molecule has 7 amide bonds. The van der Waals surface area contributed by atoms with E-state index in [2.05, 4.69) is 37.2 Å². The Morgan fingerprint density at radius 2 is 1.21 bits per heavy atom. The van der Waals surface area contributed by atoms with Crippen LogP contribution < -0.4 is 37.2 Å². The maximum atomic E-state index is 14.5. The van der Waals surface area contributed by atoms with Gasteiger partial charge in [-0.3, -0.25) is 52.7 Å². The molecule has 2 aromatic rings. The Labute approximate surface area is 418 Å². The van der Waals surface area contributed by atoms with Crippen LogP contribution in [0.4, 0.5) is 0 Å². The Bertz CT molecular complexity index is 2250. The van der Waals surface area contributed by atoms with Crippen molar-refractivity contribution >= 4 is 65.7 Å². The molecule has 0 aliphatic carbocycles. The maximum Gasteiger partial charge on any atom is 0.305 e. The molecule has 0 heterocycles. The summed E-state index contributed by atoms with van der Waals surface area (Å²) in [6.45, 7) is 12.2. The predicted octanol–water partition coefficient (Wildman–Crippen LogP) is 1.57. The van der Waals surface area contributed by atoms with Crippen molar-refractivity contribution in [2.24, 2.45) is 11.3 Å². The molecule has 0 aliphatic rings. The first-order valence-corrected chi connectivity index (χ1v) is 23.4. The number of ether oxygens (including phenoxy) is 1. The number of aryl methyl sites for hydroxylation is 1. The molecule has 0 bridgehead atoms. The van der Waals surface area contributed by atoms with E-state index in [0.717, 1.165) is 5.56 Å². The van der Waals surface area contributed by atoms with Gasteiger partial charge in [-0.25, -0.2) is 0 Å². The summed E-state index contributed by atoms with van der Waals surface area (Å²) in [5.41, 5.74) is 0.960. The zero-order valence-corrected chi connectivity index (χ0v) is 41.7. The standard InChI is InChI=1S/C50H69N7O15/c1-8-9-19-33(42(72-28-58)48(70)51-27-31-16-11-10-12-17-31)53-45(67)35(24-29(2)3)56-49(71)43(50(5,6)7)57-47(69)36(25-32-18-14-13-15-30(32)4)55-44(66)34(20-22-39(60)61)54-46(68)37(26-41(64)65)52-38(59)21-23-40(62)63/h8-18,28-29,33-37,42-43H,19-27H2,1-7H3,(H,51,70)(H,52,59)(H,53,67)(H,54,68)(H,55,66)(H,56,71)(H,57,69)(H,60,61)(H,62,63)(H,64,65)/b9-8-/t33-,34-,35-,36-,37-,42?,43+/m0/s1. The van der Waals surface area contributed by atoms with Crippen LogP contribution in [0.15, 0.2) is 66.7 Å². The van der Waals surface area contributed by atoms with Gasteiger partial charge < -0.3 is 57.3 Å². The van der Waals surface area contributed by atoms with E-state index in [-0.39, 0.29) is 38.2 Å². The van der Waals surface area contributed by atoms with E-state index in [0.29, 0.717) is 11.1 Å².